The van der Waals surface area contributed by atoms with E-state index in [9.17, 15) is 4.79 Å². The van der Waals surface area contributed by atoms with E-state index in [1.165, 1.54) is 4.90 Å². The molecule has 5 nitrogen and oxygen atoms in total. The van der Waals surface area contributed by atoms with Gasteiger partial charge in [-0.25, -0.2) is 9.78 Å². The molecular weight excluding hydrogens is 266 g/mol. The summed E-state index contributed by atoms with van der Waals surface area (Å²) in [6.45, 7) is 0. The molecule has 5 heteroatoms. The van der Waals surface area contributed by atoms with Gasteiger partial charge in [0, 0.05) is 25.9 Å². The van der Waals surface area contributed by atoms with Crippen LogP contribution in [0, 0.1) is 0 Å². The summed E-state index contributed by atoms with van der Waals surface area (Å²) in [7, 11) is 3.29. The van der Waals surface area contributed by atoms with Gasteiger partial charge in [-0.2, -0.15) is 0 Å². The molecule has 1 amide bonds. The number of nitrogens with zero attached hydrogens (tertiary/aromatic N) is 3. The highest BCUT2D eigenvalue weighted by Crippen LogP contribution is 2.21. The molecule has 0 aliphatic heterocycles. The van der Waals surface area contributed by atoms with Crippen LogP contribution in [-0.4, -0.2) is 34.5 Å². The third-order valence-corrected chi connectivity index (χ3v) is 3.06. The van der Waals surface area contributed by atoms with Gasteiger partial charge in [-0.05, 0) is 12.1 Å². The van der Waals surface area contributed by atoms with Gasteiger partial charge in [-0.3, -0.25) is 0 Å². The number of pyridine rings is 1. The van der Waals surface area contributed by atoms with E-state index in [2.05, 4.69) is 4.98 Å². The molecule has 0 saturated heterocycles. The Bertz CT molecular complexity index is 779. The number of fused-ring (bicyclic) bond motifs is 1. The number of hydrogen-bond donors (Lipinski definition) is 0. The molecule has 3 aromatic rings. The lowest BCUT2D eigenvalue weighted by atomic mass is 10.2. The average molecular weight is 281 g/mol. The molecule has 0 atom stereocenters. The number of carbonyl (C=O) groups is 1. The second-order valence-corrected chi connectivity index (χ2v) is 4.88. The normalized spacial score (nSPS) is 10.6. The maximum absolute atomic E-state index is 11.6. The number of amides is 1. The first-order valence-corrected chi connectivity index (χ1v) is 6.57. The molecule has 0 aliphatic rings. The van der Waals surface area contributed by atoms with Crippen molar-refractivity contribution in [3.05, 3.63) is 54.9 Å². The largest absolute Gasteiger partial charge is 0.414 e. The van der Waals surface area contributed by atoms with Crippen LogP contribution < -0.4 is 4.74 Å². The van der Waals surface area contributed by atoms with Crippen molar-refractivity contribution >= 4 is 11.7 Å². The Kier molecular flexibility index (Phi) is 3.31. The molecule has 0 N–H and O–H groups in total. The Hall–Kier alpha value is -2.82. The smallest absolute Gasteiger partial charge is 0.409 e. The molecule has 0 saturated carbocycles. The van der Waals surface area contributed by atoms with Crippen molar-refractivity contribution in [3.63, 3.8) is 0 Å². The van der Waals surface area contributed by atoms with Crippen molar-refractivity contribution < 1.29 is 9.53 Å². The van der Waals surface area contributed by atoms with Gasteiger partial charge >= 0.3 is 6.09 Å². The predicted molar refractivity (Wildman–Crippen MR) is 80.3 cm³/mol. The van der Waals surface area contributed by atoms with E-state index in [0.717, 1.165) is 16.9 Å². The van der Waals surface area contributed by atoms with E-state index < -0.39 is 6.09 Å². The van der Waals surface area contributed by atoms with Gasteiger partial charge in [0.05, 0.1) is 11.9 Å². The lowest BCUT2D eigenvalue weighted by Gasteiger charge is -2.10. The molecule has 1 aromatic carbocycles. The van der Waals surface area contributed by atoms with Crippen LogP contribution in [0.4, 0.5) is 4.79 Å². The van der Waals surface area contributed by atoms with E-state index in [4.69, 9.17) is 4.74 Å². The van der Waals surface area contributed by atoms with Crippen molar-refractivity contribution in [1.82, 2.24) is 14.3 Å². The van der Waals surface area contributed by atoms with Crippen LogP contribution in [0.1, 0.15) is 0 Å². The van der Waals surface area contributed by atoms with Crippen LogP contribution in [0.15, 0.2) is 54.9 Å². The SMILES string of the molecule is CN(C)C(=O)Oc1ccc2nc(-c3ccccc3)cn2c1. The Labute approximate surface area is 122 Å². The summed E-state index contributed by atoms with van der Waals surface area (Å²) < 4.78 is 7.09. The van der Waals surface area contributed by atoms with E-state index >= 15 is 0 Å². The zero-order chi connectivity index (χ0) is 14.8. The Morgan fingerprint density at radius 1 is 1.10 bits per heavy atom. The molecule has 0 unspecified atom stereocenters. The highest BCUT2D eigenvalue weighted by atomic mass is 16.6. The molecule has 0 spiro atoms. The fourth-order valence-electron chi connectivity index (χ4n) is 1.97. The Morgan fingerprint density at radius 2 is 1.86 bits per heavy atom. The first kappa shape index (κ1) is 13.2. The number of ether oxygens (including phenoxy) is 1. The Morgan fingerprint density at radius 3 is 2.57 bits per heavy atom. The van der Waals surface area contributed by atoms with Gasteiger partial charge in [0.1, 0.15) is 11.4 Å². The van der Waals surface area contributed by atoms with Crippen LogP contribution in [0.3, 0.4) is 0 Å². The van der Waals surface area contributed by atoms with Gasteiger partial charge in [0.15, 0.2) is 0 Å². The summed E-state index contributed by atoms with van der Waals surface area (Å²) in [5, 5.41) is 0. The molecule has 0 radical (unpaired) electrons. The summed E-state index contributed by atoms with van der Waals surface area (Å²) in [5.41, 5.74) is 2.73. The van der Waals surface area contributed by atoms with E-state index in [0.29, 0.717) is 5.75 Å². The number of rotatable bonds is 2. The van der Waals surface area contributed by atoms with Gasteiger partial charge in [0.2, 0.25) is 0 Å². The maximum Gasteiger partial charge on any atom is 0.414 e. The highest BCUT2D eigenvalue weighted by molar-refractivity contribution is 5.70. The van der Waals surface area contributed by atoms with Crippen LogP contribution in [-0.2, 0) is 0 Å². The number of benzene rings is 1. The summed E-state index contributed by atoms with van der Waals surface area (Å²) in [4.78, 5) is 17.5. The van der Waals surface area contributed by atoms with Gasteiger partial charge in [-0.1, -0.05) is 30.3 Å². The topological polar surface area (TPSA) is 46.8 Å². The monoisotopic (exact) mass is 281 g/mol. The number of aromatic nitrogens is 2. The molecule has 3 rings (SSSR count). The first-order valence-electron chi connectivity index (χ1n) is 6.57. The summed E-state index contributed by atoms with van der Waals surface area (Å²) in [6.07, 6.45) is 3.26. The summed E-state index contributed by atoms with van der Waals surface area (Å²) in [5.74, 6) is 0.484. The van der Waals surface area contributed by atoms with Crippen molar-refractivity contribution in [2.75, 3.05) is 14.1 Å². The molecule has 21 heavy (non-hydrogen) atoms. The van der Waals surface area contributed by atoms with Crippen molar-refractivity contribution in [1.29, 1.82) is 0 Å². The van der Waals surface area contributed by atoms with Crippen LogP contribution >= 0.6 is 0 Å². The molecule has 2 aromatic heterocycles. The van der Waals surface area contributed by atoms with E-state index in [1.54, 1.807) is 26.4 Å². The molecule has 2 heterocycles. The van der Waals surface area contributed by atoms with Crippen molar-refractivity contribution in [2.24, 2.45) is 0 Å². The molecule has 0 bridgehead atoms. The minimum absolute atomic E-state index is 0.405. The maximum atomic E-state index is 11.6. The highest BCUT2D eigenvalue weighted by Gasteiger charge is 2.09. The molecule has 0 fully saturated rings. The quantitative estimate of drug-likeness (QED) is 0.725. The third kappa shape index (κ3) is 2.72. The predicted octanol–water partition coefficient (Wildman–Crippen LogP) is 3.06. The van der Waals surface area contributed by atoms with E-state index in [1.807, 2.05) is 47.0 Å². The zero-order valence-corrected chi connectivity index (χ0v) is 11.9. The zero-order valence-electron chi connectivity index (χ0n) is 11.9. The lowest BCUT2D eigenvalue weighted by molar-refractivity contribution is 0.171. The minimum atomic E-state index is -0.405. The second-order valence-electron chi connectivity index (χ2n) is 4.88. The summed E-state index contributed by atoms with van der Waals surface area (Å²) in [6, 6.07) is 13.5. The minimum Gasteiger partial charge on any atom is -0.409 e. The van der Waals surface area contributed by atoms with Crippen LogP contribution in [0.5, 0.6) is 5.75 Å². The Balaban J connectivity index is 1.94. The van der Waals surface area contributed by atoms with Crippen LogP contribution in [0.25, 0.3) is 16.9 Å². The molecular formula is C16H15N3O2. The standard InChI is InChI=1S/C16H15N3O2/c1-18(2)16(20)21-13-8-9-15-17-14(11-19(15)10-13)12-6-4-3-5-7-12/h3-11H,1-2H3. The van der Waals surface area contributed by atoms with Gasteiger partial charge in [-0.15, -0.1) is 0 Å². The average Bonchev–Trinajstić information content (AvgIpc) is 2.91. The molecule has 0 aliphatic carbocycles. The van der Waals surface area contributed by atoms with Crippen LogP contribution in [0.2, 0.25) is 0 Å². The number of imidazole rings is 1. The molecule has 106 valence electrons. The second kappa shape index (κ2) is 5.28. The van der Waals surface area contributed by atoms with Gasteiger partial charge < -0.3 is 14.0 Å². The summed E-state index contributed by atoms with van der Waals surface area (Å²) >= 11 is 0. The van der Waals surface area contributed by atoms with Gasteiger partial charge in [0.25, 0.3) is 0 Å². The van der Waals surface area contributed by atoms with E-state index in [-0.39, 0.29) is 0 Å². The third-order valence-electron chi connectivity index (χ3n) is 3.06. The van der Waals surface area contributed by atoms with Crippen molar-refractivity contribution in [2.45, 2.75) is 0 Å². The fraction of sp³-hybridized carbons (Fsp3) is 0.125. The van der Waals surface area contributed by atoms with Crippen molar-refractivity contribution in [3.8, 4) is 17.0 Å². The first-order chi connectivity index (χ1) is 10.1. The fourth-order valence-corrected chi connectivity index (χ4v) is 1.97. The lowest BCUT2D eigenvalue weighted by Crippen LogP contribution is -2.25. The number of hydrogen-bond acceptors (Lipinski definition) is 3. The number of carbonyl (C=O) groups excluding carboxylic acids is 1.